The third-order valence-electron chi connectivity index (χ3n) is 4.19. The second-order valence-corrected chi connectivity index (χ2v) is 6.67. The monoisotopic (exact) mass is 300 g/mol. The van der Waals surface area contributed by atoms with E-state index in [0.29, 0.717) is 6.54 Å². The summed E-state index contributed by atoms with van der Waals surface area (Å²) >= 11 is 1.82. The Morgan fingerprint density at radius 3 is 3.05 bits per heavy atom. The average molecular weight is 300 g/mol. The number of rotatable bonds is 2. The van der Waals surface area contributed by atoms with Crippen molar-refractivity contribution in [1.29, 1.82) is 0 Å². The maximum atomic E-state index is 6.44. The SMILES string of the molecule is Nc1c2c3c(sc2nc[n+]1Cc1ccco1)CCCCC3. The molecule has 3 aromatic heterocycles. The van der Waals surface area contributed by atoms with Crippen molar-refractivity contribution in [2.45, 2.75) is 38.6 Å². The van der Waals surface area contributed by atoms with Crippen molar-refractivity contribution in [1.82, 2.24) is 4.98 Å². The van der Waals surface area contributed by atoms with E-state index in [1.165, 1.54) is 41.5 Å². The first-order valence-corrected chi connectivity index (χ1v) is 8.25. The normalized spacial score (nSPS) is 15.0. The summed E-state index contributed by atoms with van der Waals surface area (Å²) in [6.45, 7) is 0.631. The summed E-state index contributed by atoms with van der Waals surface area (Å²) in [5.41, 5.74) is 7.88. The summed E-state index contributed by atoms with van der Waals surface area (Å²) in [7, 11) is 0. The summed E-state index contributed by atoms with van der Waals surface area (Å²) in [6, 6.07) is 3.86. The molecule has 5 heteroatoms. The van der Waals surface area contributed by atoms with Crippen LogP contribution < -0.4 is 10.3 Å². The van der Waals surface area contributed by atoms with Crippen molar-refractivity contribution in [3.8, 4) is 0 Å². The number of hydrogen-bond acceptors (Lipinski definition) is 4. The van der Waals surface area contributed by atoms with Gasteiger partial charge in [0.2, 0.25) is 17.0 Å². The van der Waals surface area contributed by atoms with Gasteiger partial charge >= 0.3 is 0 Å². The van der Waals surface area contributed by atoms with Crippen molar-refractivity contribution < 1.29 is 8.98 Å². The van der Waals surface area contributed by atoms with Gasteiger partial charge in [-0.15, -0.1) is 11.3 Å². The molecule has 0 aromatic carbocycles. The zero-order valence-electron chi connectivity index (χ0n) is 11.8. The molecule has 108 valence electrons. The van der Waals surface area contributed by atoms with Crippen LogP contribution in [0.2, 0.25) is 0 Å². The topological polar surface area (TPSA) is 55.9 Å². The van der Waals surface area contributed by atoms with Gasteiger partial charge in [-0.25, -0.2) is 4.57 Å². The highest BCUT2D eigenvalue weighted by molar-refractivity contribution is 7.18. The Bertz CT molecular complexity index is 777. The van der Waals surface area contributed by atoms with Gasteiger partial charge in [0, 0.05) is 4.88 Å². The van der Waals surface area contributed by atoms with Crippen LogP contribution in [0.15, 0.2) is 29.1 Å². The van der Waals surface area contributed by atoms with Crippen LogP contribution in [0.5, 0.6) is 0 Å². The van der Waals surface area contributed by atoms with E-state index in [1.807, 2.05) is 34.4 Å². The minimum absolute atomic E-state index is 0.631. The fourth-order valence-corrected chi connectivity index (χ4v) is 4.34. The van der Waals surface area contributed by atoms with E-state index in [0.717, 1.165) is 22.8 Å². The summed E-state index contributed by atoms with van der Waals surface area (Å²) < 4.78 is 7.40. The molecule has 0 spiro atoms. The van der Waals surface area contributed by atoms with Gasteiger partial charge in [0.05, 0.1) is 6.26 Å². The molecule has 3 aromatic rings. The van der Waals surface area contributed by atoms with Gasteiger partial charge in [0.1, 0.15) is 17.7 Å². The van der Waals surface area contributed by atoms with Gasteiger partial charge in [0.25, 0.3) is 0 Å². The molecule has 0 unspecified atom stereocenters. The summed E-state index contributed by atoms with van der Waals surface area (Å²) in [5, 5.41) is 1.17. The fraction of sp³-hybridized carbons (Fsp3) is 0.375. The third kappa shape index (κ3) is 2.21. The number of thiophene rings is 1. The van der Waals surface area contributed by atoms with Gasteiger partial charge in [-0.1, -0.05) is 11.4 Å². The Kier molecular flexibility index (Phi) is 3.15. The first kappa shape index (κ1) is 12.8. The van der Waals surface area contributed by atoms with Crippen LogP contribution in [0.1, 0.15) is 35.5 Å². The zero-order valence-corrected chi connectivity index (χ0v) is 12.7. The molecule has 0 atom stereocenters. The van der Waals surface area contributed by atoms with Gasteiger partial charge in [-0.05, 0) is 43.4 Å². The summed E-state index contributed by atoms with van der Waals surface area (Å²) in [6.07, 6.45) is 9.68. The second-order valence-electron chi connectivity index (χ2n) is 5.58. The lowest BCUT2D eigenvalue weighted by Crippen LogP contribution is -2.38. The number of hydrogen-bond donors (Lipinski definition) is 1. The molecule has 0 saturated carbocycles. The second kappa shape index (κ2) is 5.15. The molecular weight excluding hydrogens is 282 g/mol. The predicted octanol–water partition coefficient (Wildman–Crippen LogP) is 3.08. The first-order chi connectivity index (χ1) is 10.3. The van der Waals surface area contributed by atoms with Gasteiger partial charge in [0.15, 0.2) is 0 Å². The Labute approximate surface area is 127 Å². The van der Waals surface area contributed by atoms with Gasteiger partial charge in [-0.3, -0.25) is 0 Å². The highest BCUT2D eigenvalue weighted by Gasteiger charge is 2.22. The molecule has 0 radical (unpaired) electrons. The summed E-state index contributed by atoms with van der Waals surface area (Å²) in [4.78, 5) is 7.18. The standard InChI is InChI=1S/C16H17N3OS/c17-15-14-12-6-2-1-3-7-13(12)21-16(14)18-10-19(15)9-11-5-4-8-20-11/h4-5,8,10,17H,1-3,6-7,9H2/p+1. The molecule has 2 N–H and O–H groups in total. The lowest BCUT2D eigenvalue weighted by atomic mass is 10.1. The van der Waals surface area contributed by atoms with Crippen LogP contribution in [-0.4, -0.2) is 4.98 Å². The van der Waals surface area contributed by atoms with Crippen molar-refractivity contribution in [3.63, 3.8) is 0 Å². The highest BCUT2D eigenvalue weighted by atomic mass is 32.1. The number of anilines is 1. The molecule has 4 nitrogen and oxygen atoms in total. The lowest BCUT2D eigenvalue weighted by molar-refractivity contribution is -0.677. The largest absolute Gasteiger partial charge is 0.466 e. The quantitative estimate of drug-likeness (QED) is 0.584. The molecule has 0 saturated heterocycles. The zero-order chi connectivity index (χ0) is 14.2. The molecule has 21 heavy (non-hydrogen) atoms. The Balaban J connectivity index is 1.83. The average Bonchev–Trinajstić information content (AvgIpc) is 3.05. The van der Waals surface area contributed by atoms with Gasteiger partial charge in [-0.2, -0.15) is 0 Å². The van der Waals surface area contributed by atoms with E-state index in [4.69, 9.17) is 10.2 Å². The number of furan rings is 1. The third-order valence-corrected chi connectivity index (χ3v) is 5.39. The molecule has 0 amide bonds. The van der Waals surface area contributed by atoms with Crippen LogP contribution >= 0.6 is 11.3 Å². The van der Waals surface area contributed by atoms with Crippen molar-refractivity contribution in [2.75, 3.05) is 5.73 Å². The van der Waals surface area contributed by atoms with Crippen molar-refractivity contribution in [2.24, 2.45) is 0 Å². The van der Waals surface area contributed by atoms with E-state index in [2.05, 4.69) is 4.98 Å². The maximum absolute atomic E-state index is 6.44. The number of fused-ring (bicyclic) bond motifs is 3. The summed E-state index contributed by atoms with van der Waals surface area (Å²) in [5.74, 6) is 1.71. The number of aromatic nitrogens is 2. The van der Waals surface area contributed by atoms with Crippen molar-refractivity contribution in [3.05, 3.63) is 40.9 Å². The number of nitrogen functional groups attached to an aromatic ring is 1. The molecule has 1 aliphatic carbocycles. The van der Waals surface area contributed by atoms with E-state index >= 15 is 0 Å². The van der Waals surface area contributed by atoms with Crippen LogP contribution in [0, 0.1) is 0 Å². The minimum atomic E-state index is 0.631. The first-order valence-electron chi connectivity index (χ1n) is 7.43. The lowest BCUT2D eigenvalue weighted by Gasteiger charge is -2.04. The fourth-order valence-electron chi connectivity index (χ4n) is 3.11. The number of aryl methyl sites for hydroxylation is 2. The molecule has 3 heterocycles. The van der Waals surface area contributed by atoms with E-state index in [9.17, 15) is 0 Å². The Morgan fingerprint density at radius 2 is 2.19 bits per heavy atom. The highest BCUT2D eigenvalue weighted by Crippen LogP contribution is 2.36. The smallest absolute Gasteiger partial charge is 0.231 e. The van der Waals surface area contributed by atoms with Crippen LogP contribution in [0.3, 0.4) is 0 Å². The van der Waals surface area contributed by atoms with Gasteiger partial charge < -0.3 is 10.2 Å². The van der Waals surface area contributed by atoms with E-state index < -0.39 is 0 Å². The molecule has 0 bridgehead atoms. The predicted molar refractivity (Wildman–Crippen MR) is 83.3 cm³/mol. The van der Waals surface area contributed by atoms with E-state index in [-0.39, 0.29) is 0 Å². The number of nitrogens with zero attached hydrogens (tertiary/aromatic N) is 2. The minimum Gasteiger partial charge on any atom is -0.466 e. The molecule has 0 aliphatic heterocycles. The Morgan fingerprint density at radius 1 is 1.29 bits per heavy atom. The molecule has 0 fully saturated rings. The Hall–Kier alpha value is -1.88. The maximum Gasteiger partial charge on any atom is 0.231 e. The molecule has 1 aliphatic rings. The number of nitrogens with two attached hydrogens (primary N) is 1. The van der Waals surface area contributed by atoms with Crippen LogP contribution in [0.4, 0.5) is 5.82 Å². The van der Waals surface area contributed by atoms with Crippen LogP contribution in [0.25, 0.3) is 10.2 Å². The molecular formula is C16H18N3OS+. The van der Waals surface area contributed by atoms with Crippen molar-refractivity contribution >= 4 is 27.4 Å². The molecule has 4 rings (SSSR count). The van der Waals surface area contributed by atoms with Crippen LogP contribution in [-0.2, 0) is 19.4 Å². The van der Waals surface area contributed by atoms with E-state index in [1.54, 1.807) is 6.26 Å².